The Morgan fingerprint density at radius 1 is 1.00 bits per heavy atom. The molecule has 0 saturated carbocycles. The van der Waals surface area contributed by atoms with Crippen molar-refractivity contribution >= 4 is 0 Å². The van der Waals surface area contributed by atoms with Crippen LogP contribution in [0.3, 0.4) is 0 Å². The van der Waals surface area contributed by atoms with Gasteiger partial charge in [-0.2, -0.15) is 0 Å². The summed E-state index contributed by atoms with van der Waals surface area (Å²) in [5.41, 5.74) is 2.72. The minimum atomic E-state index is 0.472. The van der Waals surface area contributed by atoms with Gasteiger partial charge in [0.2, 0.25) is 0 Å². The molecule has 2 aromatic rings. The standard InChI is InChI=1S/C21H31N5O/c1-17-5-7-18(8-6-17)14-26-9-3-4-19(15-26)21-23-22-20(24(21)2)16-25-10-12-27-13-11-25/h5-8,19H,3-4,9-16H2,1-2H3/t19-/m1/s1. The van der Waals surface area contributed by atoms with Gasteiger partial charge in [-0.25, -0.2) is 0 Å². The van der Waals surface area contributed by atoms with Crippen molar-refractivity contribution in [3.05, 3.63) is 47.0 Å². The summed E-state index contributed by atoms with van der Waals surface area (Å²) in [5, 5.41) is 9.10. The van der Waals surface area contributed by atoms with Gasteiger partial charge >= 0.3 is 0 Å². The highest BCUT2D eigenvalue weighted by atomic mass is 16.5. The Labute approximate surface area is 162 Å². The molecule has 1 aromatic carbocycles. The second-order valence-corrected chi connectivity index (χ2v) is 7.98. The predicted molar refractivity (Wildman–Crippen MR) is 106 cm³/mol. The molecule has 0 spiro atoms. The highest BCUT2D eigenvalue weighted by Crippen LogP contribution is 2.27. The predicted octanol–water partition coefficient (Wildman–Crippen LogP) is 2.34. The third-order valence-electron chi connectivity index (χ3n) is 5.86. The Bertz CT molecular complexity index is 736. The number of likely N-dealkylation sites (tertiary alicyclic amines) is 1. The lowest BCUT2D eigenvalue weighted by atomic mass is 9.96. The number of hydrogen-bond donors (Lipinski definition) is 0. The van der Waals surface area contributed by atoms with Gasteiger partial charge in [0.25, 0.3) is 0 Å². The Morgan fingerprint density at radius 3 is 2.56 bits per heavy atom. The molecule has 146 valence electrons. The summed E-state index contributed by atoms with van der Waals surface area (Å²) in [4.78, 5) is 4.97. The molecule has 3 heterocycles. The summed E-state index contributed by atoms with van der Waals surface area (Å²) >= 11 is 0. The van der Waals surface area contributed by atoms with Crippen LogP contribution in [0.4, 0.5) is 0 Å². The van der Waals surface area contributed by atoms with Gasteiger partial charge in [0.15, 0.2) is 0 Å². The zero-order valence-corrected chi connectivity index (χ0v) is 16.6. The summed E-state index contributed by atoms with van der Waals surface area (Å²) in [7, 11) is 2.13. The zero-order chi connectivity index (χ0) is 18.6. The molecular weight excluding hydrogens is 338 g/mol. The van der Waals surface area contributed by atoms with Gasteiger partial charge in [0.1, 0.15) is 11.6 Å². The van der Waals surface area contributed by atoms with E-state index in [2.05, 4.69) is 62.8 Å². The number of aryl methyl sites for hydroxylation is 1. The highest BCUT2D eigenvalue weighted by molar-refractivity contribution is 5.21. The second-order valence-electron chi connectivity index (χ2n) is 7.98. The van der Waals surface area contributed by atoms with E-state index >= 15 is 0 Å². The van der Waals surface area contributed by atoms with Crippen LogP contribution in [0.2, 0.25) is 0 Å². The molecule has 2 aliphatic rings. The maximum atomic E-state index is 5.45. The van der Waals surface area contributed by atoms with Gasteiger partial charge in [0.05, 0.1) is 19.8 Å². The van der Waals surface area contributed by atoms with E-state index in [9.17, 15) is 0 Å². The van der Waals surface area contributed by atoms with Crippen molar-refractivity contribution in [3.63, 3.8) is 0 Å². The topological polar surface area (TPSA) is 46.4 Å². The molecule has 6 nitrogen and oxygen atoms in total. The third-order valence-corrected chi connectivity index (χ3v) is 5.86. The molecule has 1 aromatic heterocycles. The molecule has 0 N–H and O–H groups in total. The molecule has 0 unspecified atom stereocenters. The number of hydrogen-bond acceptors (Lipinski definition) is 5. The van der Waals surface area contributed by atoms with Gasteiger partial charge in [-0.15, -0.1) is 10.2 Å². The average Bonchev–Trinajstić information content (AvgIpc) is 3.05. The maximum absolute atomic E-state index is 5.45. The van der Waals surface area contributed by atoms with E-state index in [1.165, 1.54) is 30.5 Å². The number of aromatic nitrogens is 3. The molecule has 4 rings (SSSR count). The highest BCUT2D eigenvalue weighted by Gasteiger charge is 2.26. The molecular formula is C21H31N5O. The Kier molecular flexibility index (Phi) is 5.86. The van der Waals surface area contributed by atoms with Crippen LogP contribution in [-0.4, -0.2) is 64.0 Å². The normalized spacial score (nSPS) is 22.2. The lowest BCUT2D eigenvalue weighted by Gasteiger charge is -2.32. The average molecular weight is 370 g/mol. The first-order chi connectivity index (χ1) is 13.2. The maximum Gasteiger partial charge on any atom is 0.146 e. The summed E-state index contributed by atoms with van der Waals surface area (Å²) in [6, 6.07) is 8.91. The molecule has 0 amide bonds. The van der Waals surface area contributed by atoms with Crippen LogP contribution < -0.4 is 0 Å². The van der Waals surface area contributed by atoms with Crippen molar-refractivity contribution < 1.29 is 4.74 Å². The number of morpholine rings is 1. The molecule has 27 heavy (non-hydrogen) atoms. The Balaban J connectivity index is 1.39. The van der Waals surface area contributed by atoms with E-state index in [0.717, 1.165) is 57.6 Å². The van der Waals surface area contributed by atoms with Crippen LogP contribution in [0, 0.1) is 6.92 Å². The number of ether oxygens (including phenoxy) is 1. The first-order valence-electron chi connectivity index (χ1n) is 10.2. The molecule has 0 radical (unpaired) electrons. The van der Waals surface area contributed by atoms with E-state index in [1.807, 2.05) is 0 Å². The molecule has 1 atom stereocenters. The Morgan fingerprint density at radius 2 is 1.78 bits per heavy atom. The SMILES string of the molecule is Cc1ccc(CN2CCC[C@@H](c3nnc(CN4CCOCC4)n3C)C2)cc1. The van der Waals surface area contributed by atoms with Crippen molar-refractivity contribution in [2.24, 2.45) is 7.05 Å². The monoisotopic (exact) mass is 369 g/mol. The first-order valence-corrected chi connectivity index (χ1v) is 10.2. The van der Waals surface area contributed by atoms with Crippen LogP contribution in [-0.2, 0) is 24.9 Å². The van der Waals surface area contributed by atoms with Gasteiger partial charge in [-0.1, -0.05) is 29.8 Å². The summed E-state index contributed by atoms with van der Waals surface area (Å²) in [6.45, 7) is 9.87. The number of piperidine rings is 1. The minimum Gasteiger partial charge on any atom is -0.379 e. The van der Waals surface area contributed by atoms with E-state index in [0.29, 0.717) is 5.92 Å². The van der Waals surface area contributed by atoms with Gasteiger partial charge < -0.3 is 9.30 Å². The molecule has 2 aliphatic heterocycles. The summed E-state index contributed by atoms with van der Waals surface area (Å²) in [6.07, 6.45) is 2.43. The van der Waals surface area contributed by atoms with Crippen molar-refractivity contribution in [1.29, 1.82) is 0 Å². The lowest BCUT2D eigenvalue weighted by molar-refractivity contribution is 0.0326. The fourth-order valence-corrected chi connectivity index (χ4v) is 4.19. The second kappa shape index (κ2) is 8.50. The molecule has 0 bridgehead atoms. The van der Waals surface area contributed by atoms with Crippen molar-refractivity contribution in [2.45, 2.75) is 38.8 Å². The van der Waals surface area contributed by atoms with Crippen molar-refractivity contribution in [1.82, 2.24) is 24.6 Å². The Hall–Kier alpha value is -1.76. The van der Waals surface area contributed by atoms with Crippen LogP contribution in [0.5, 0.6) is 0 Å². The minimum absolute atomic E-state index is 0.472. The van der Waals surface area contributed by atoms with Gasteiger partial charge in [0, 0.05) is 39.1 Å². The number of benzene rings is 1. The largest absolute Gasteiger partial charge is 0.379 e. The third kappa shape index (κ3) is 4.57. The lowest BCUT2D eigenvalue weighted by Crippen LogP contribution is -2.36. The zero-order valence-electron chi connectivity index (χ0n) is 16.6. The van der Waals surface area contributed by atoms with Gasteiger partial charge in [-0.3, -0.25) is 9.80 Å². The molecule has 2 saturated heterocycles. The smallest absolute Gasteiger partial charge is 0.146 e. The quantitative estimate of drug-likeness (QED) is 0.810. The van der Waals surface area contributed by atoms with Crippen LogP contribution in [0.25, 0.3) is 0 Å². The van der Waals surface area contributed by atoms with E-state index in [1.54, 1.807) is 0 Å². The fraction of sp³-hybridized carbons (Fsp3) is 0.619. The summed E-state index contributed by atoms with van der Waals surface area (Å²) < 4.78 is 7.68. The summed E-state index contributed by atoms with van der Waals surface area (Å²) in [5.74, 6) is 2.69. The van der Waals surface area contributed by atoms with E-state index < -0.39 is 0 Å². The van der Waals surface area contributed by atoms with Crippen LogP contribution in [0.15, 0.2) is 24.3 Å². The van der Waals surface area contributed by atoms with E-state index in [-0.39, 0.29) is 0 Å². The fourth-order valence-electron chi connectivity index (χ4n) is 4.19. The van der Waals surface area contributed by atoms with Gasteiger partial charge in [-0.05, 0) is 31.9 Å². The van der Waals surface area contributed by atoms with Crippen molar-refractivity contribution in [3.8, 4) is 0 Å². The van der Waals surface area contributed by atoms with E-state index in [4.69, 9.17) is 4.74 Å². The molecule has 6 heteroatoms. The molecule has 2 fully saturated rings. The van der Waals surface area contributed by atoms with Crippen LogP contribution in [0.1, 0.15) is 41.5 Å². The number of nitrogens with zero attached hydrogens (tertiary/aromatic N) is 5. The van der Waals surface area contributed by atoms with Crippen LogP contribution >= 0.6 is 0 Å². The first kappa shape index (κ1) is 18.6. The van der Waals surface area contributed by atoms with Crippen molar-refractivity contribution in [2.75, 3.05) is 39.4 Å². The number of rotatable bonds is 5. The molecule has 0 aliphatic carbocycles.